The highest BCUT2D eigenvalue weighted by Crippen LogP contribution is 2.28. The number of benzene rings is 1. The number of anilines is 1. The highest BCUT2D eigenvalue weighted by Gasteiger charge is 2.37. The zero-order chi connectivity index (χ0) is 15.7. The summed E-state index contributed by atoms with van der Waals surface area (Å²) >= 11 is 5.99. The third kappa shape index (κ3) is 3.00. The molecule has 1 fully saturated rings. The molecule has 0 spiro atoms. The molecular formula is C16H18ClN3O2. The average molecular weight is 320 g/mol. The molecule has 1 saturated heterocycles. The molecule has 5 nitrogen and oxygen atoms in total. The van der Waals surface area contributed by atoms with Gasteiger partial charge in [-0.2, -0.15) is 0 Å². The maximum Gasteiger partial charge on any atom is 0.293 e. The zero-order valence-electron chi connectivity index (χ0n) is 12.4. The molecule has 1 aliphatic rings. The summed E-state index contributed by atoms with van der Waals surface area (Å²) in [5.41, 5.74) is -0.0204. The molecule has 116 valence electrons. The Kier molecular flexibility index (Phi) is 3.93. The largest absolute Gasteiger partial charge is 0.388 e. The molecule has 1 N–H and O–H groups in total. The van der Waals surface area contributed by atoms with Gasteiger partial charge in [0.1, 0.15) is 0 Å². The molecule has 0 bridgehead atoms. The minimum atomic E-state index is -0.868. The molecule has 6 heteroatoms. The van der Waals surface area contributed by atoms with Gasteiger partial charge in [-0.3, -0.25) is 4.79 Å². The van der Waals surface area contributed by atoms with Gasteiger partial charge in [0, 0.05) is 44.0 Å². The van der Waals surface area contributed by atoms with Gasteiger partial charge in [0.05, 0.1) is 5.60 Å². The molecule has 0 radical (unpaired) electrons. The Balaban J connectivity index is 1.79. The van der Waals surface area contributed by atoms with E-state index in [1.54, 1.807) is 19.4 Å². The summed E-state index contributed by atoms with van der Waals surface area (Å²) in [7, 11) is 1.70. The first-order valence-electron chi connectivity index (χ1n) is 7.20. The Labute approximate surface area is 133 Å². The topological polar surface area (TPSA) is 58.4 Å². The standard InChI is InChI=1S/C16H18ClN3O2/c1-19-8-6-18-14(15(19)21)20-7-5-16(22,11-20)10-12-3-2-4-13(17)9-12/h2-4,6,8-9,22H,5,7,10-11H2,1H3/t16-/m0/s1. The fourth-order valence-corrected chi connectivity index (χ4v) is 3.12. The zero-order valence-corrected chi connectivity index (χ0v) is 13.1. The van der Waals surface area contributed by atoms with Crippen molar-refractivity contribution in [3.05, 3.63) is 57.6 Å². The molecular weight excluding hydrogens is 302 g/mol. The van der Waals surface area contributed by atoms with E-state index in [4.69, 9.17) is 11.6 Å². The predicted molar refractivity (Wildman–Crippen MR) is 86.4 cm³/mol. The summed E-state index contributed by atoms with van der Waals surface area (Å²) in [6, 6.07) is 7.50. The normalized spacial score (nSPS) is 21.3. The average Bonchev–Trinajstić information content (AvgIpc) is 2.84. The van der Waals surface area contributed by atoms with Crippen molar-refractivity contribution in [1.29, 1.82) is 0 Å². The molecule has 1 atom stereocenters. The Morgan fingerprint density at radius 3 is 3.05 bits per heavy atom. The van der Waals surface area contributed by atoms with Crippen LogP contribution in [0.25, 0.3) is 0 Å². The highest BCUT2D eigenvalue weighted by atomic mass is 35.5. The fraction of sp³-hybridized carbons (Fsp3) is 0.375. The van der Waals surface area contributed by atoms with Crippen LogP contribution >= 0.6 is 11.6 Å². The number of hydrogen-bond acceptors (Lipinski definition) is 4. The molecule has 22 heavy (non-hydrogen) atoms. The first-order valence-corrected chi connectivity index (χ1v) is 7.58. The van der Waals surface area contributed by atoms with E-state index in [2.05, 4.69) is 4.98 Å². The molecule has 1 aromatic carbocycles. The van der Waals surface area contributed by atoms with Crippen LogP contribution in [0.1, 0.15) is 12.0 Å². The van der Waals surface area contributed by atoms with E-state index in [1.165, 1.54) is 4.57 Å². The van der Waals surface area contributed by atoms with E-state index in [1.807, 2.05) is 29.2 Å². The van der Waals surface area contributed by atoms with Crippen molar-refractivity contribution < 1.29 is 5.11 Å². The molecule has 1 aliphatic heterocycles. The highest BCUT2D eigenvalue weighted by molar-refractivity contribution is 6.30. The molecule has 0 aliphatic carbocycles. The molecule has 2 aromatic rings. The minimum absolute atomic E-state index is 0.144. The lowest BCUT2D eigenvalue weighted by molar-refractivity contribution is 0.0637. The van der Waals surface area contributed by atoms with Crippen LogP contribution in [-0.2, 0) is 13.5 Å². The number of rotatable bonds is 3. The summed E-state index contributed by atoms with van der Waals surface area (Å²) in [6.45, 7) is 1.01. The Morgan fingerprint density at radius 1 is 1.45 bits per heavy atom. The number of aromatic nitrogens is 2. The van der Waals surface area contributed by atoms with Crippen molar-refractivity contribution in [3.8, 4) is 0 Å². The molecule has 3 rings (SSSR count). The number of aryl methyl sites for hydroxylation is 1. The van der Waals surface area contributed by atoms with Crippen LogP contribution < -0.4 is 10.5 Å². The number of nitrogens with zero attached hydrogens (tertiary/aromatic N) is 3. The van der Waals surface area contributed by atoms with E-state index in [0.29, 0.717) is 36.8 Å². The van der Waals surface area contributed by atoms with Crippen LogP contribution in [0.2, 0.25) is 5.02 Å². The number of aliphatic hydroxyl groups is 1. The Bertz CT molecular complexity index is 746. The summed E-state index contributed by atoms with van der Waals surface area (Å²) in [4.78, 5) is 18.2. The SMILES string of the molecule is Cn1ccnc(N2CC[C@](O)(Cc3cccc(Cl)c3)C2)c1=O. The lowest BCUT2D eigenvalue weighted by atomic mass is 9.94. The maximum absolute atomic E-state index is 12.1. The van der Waals surface area contributed by atoms with Crippen molar-refractivity contribution in [2.45, 2.75) is 18.4 Å². The maximum atomic E-state index is 12.1. The summed E-state index contributed by atoms with van der Waals surface area (Å²) in [6.07, 6.45) is 4.33. The van der Waals surface area contributed by atoms with Gasteiger partial charge >= 0.3 is 0 Å². The molecule has 0 amide bonds. The van der Waals surface area contributed by atoms with E-state index in [0.717, 1.165) is 5.56 Å². The second-order valence-corrected chi connectivity index (χ2v) is 6.31. The molecule has 0 saturated carbocycles. The van der Waals surface area contributed by atoms with Gasteiger partial charge in [-0.25, -0.2) is 4.98 Å². The van der Waals surface area contributed by atoms with E-state index in [9.17, 15) is 9.90 Å². The quantitative estimate of drug-likeness (QED) is 0.934. The smallest absolute Gasteiger partial charge is 0.293 e. The fourth-order valence-electron chi connectivity index (χ4n) is 2.91. The van der Waals surface area contributed by atoms with Crippen LogP contribution in [0, 0.1) is 0 Å². The van der Waals surface area contributed by atoms with Gasteiger partial charge in [-0.15, -0.1) is 0 Å². The van der Waals surface area contributed by atoms with Gasteiger partial charge in [-0.1, -0.05) is 23.7 Å². The summed E-state index contributed by atoms with van der Waals surface area (Å²) in [5, 5.41) is 11.5. The van der Waals surface area contributed by atoms with Crippen LogP contribution in [0.3, 0.4) is 0 Å². The lowest BCUT2D eigenvalue weighted by Gasteiger charge is -2.24. The van der Waals surface area contributed by atoms with Gasteiger partial charge in [0.25, 0.3) is 5.56 Å². The third-order valence-corrected chi connectivity index (χ3v) is 4.29. The van der Waals surface area contributed by atoms with Gasteiger partial charge in [-0.05, 0) is 24.1 Å². The second-order valence-electron chi connectivity index (χ2n) is 5.87. The van der Waals surface area contributed by atoms with Crippen molar-refractivity contribution >= 4 is 17.4 Å². The van der Waals surface area contributed by atoms with Crippen LogP contribution in [0.5, 0.6) is 0 Å². The van der Waals surface area contributed by atoms with E-state index in [-0.39, 0.29) is 5.56 Å². The minimum Gasteiger partial charge on any atom is -0.388 e. The van der Waals surface area contributed by atoms with E-state index < -0.39 is 5.60 Å². The van der Waals surface area contributed by atoms with Gasteiger partial charge in [0.2, 0.25) is 0 Å². The number of β-amino-alcohol motifs (C(OH)–C–C–N with tert-alkyl or cyclic N) is 1. The molecule has 0 unspecified atom stereocenters. The van der Waals surface area contributed by atoms with E-state index >= 15 is 0 Å². The van der Waals surface area contributed by atoms with Crippen molar-refractivity contribution in [3.63, 3.8) is 0 Å². The second kappa shape index (κ2) is 5.74. The predicted octanol–water partition coefficient (Wildman–Crippen LogP) is 1.62. The number of halogens is 1. The van der Waals surface area contributed by atoms with Gasteiger partial charge in [0.15, 0.2) is 5.82 Å². The third-order valence-electron chi connectivity index (χ3n) is 4.05. The van der Waals surface area contributed by atoms with Crippen molar-refractivity contribution in [1.82, 2.24) is 9.55 Å². The summed E-state index contributed by atoms with van der Waals surface area (Å²) < 4.78 is 1.50. The van der Waals surface area contributed by atoms with Gasteiger partial charge < -0.3 is 14.6 Å². The lowest BCUT2D eigenvalue weighted by Crippen LogP contribution is -2.38. The van der Waals surface area contributed by atoms with Crippen LogP contribution in [0.4, 0.5) is 5.82 Å². The first kappa shape index (κ1) is 15.1. The Hall–Kier alpha value is -1.85. The molecule has 2 heterocycles. The van der Waals surface area contributed by atoms with Crippen molar-refractivity contribution in [2.75, 3.05) is 18.0 Å². The van der Waals surface area contributed by atoms with Crippen molar-refractivity contribution in [2.24, 2.45) is 7.05 Å². The Morgan fingerprint density at radius 2 is 2.27 bits per heavy atom. The monoisotopic (exact) mass is 319 g/mol. The van der Waals surface area contributed by atoms with Crippen LogP contribution in [-0.4, -0.2) is 33.3 Å². The number of hydrogen-bond donors (Lipinski definition) is 1. The molecule has 1 aromatic heterocycles. The summed E-state index contributed by atoms with van der Waals surface area (Å²) in [5.74, 6) is 0.395. The van der Waals surface area contributed by atoms with Crippen LogP contribution in [0.15, 0.2) is 41.5 Å². The first-order chi connectivity index (χ1) is 10.5.